The third-order valence-electron chi connectivity index (χ3n) is 3.41. The summed E-state index contributed by atoms with van der Waals surface area (Å²) in [5.74, 6) is 0.865. The van der Waals surface area contributed by atoms with E-state index < -0.39 is 0 Å². The van der Waals surface area contributed by atoms with Gasteiger partial charge in [-0.25, -0.2) is 4.98 Å². The predicted molar refractivity (Wildman–Crippen MR) is 77.4 cm³/mol. The second-order valence-corrected chi connectivity index (χ2v) is 5.02. The smallest absolute Gasteiger partial charge is 0.228 e. The van der Waals surface area contributed by atoms with Crippen LogP contribution in [0.5, 0.6) is 0 Å². The third kappa shape index (κ3) is 3.44. The van der Waals surface area contributed by atoms with Crippen molar-refractivity contribution >= 4 is 17.4 Å². The number of rotatable bonds is 5. The third-order valence-corrected chi connectivity index (χ3v) is 3.41. The van der Waals surface area contributed by atoms with E-state index >= 15 is 0 Å². The zero-order chi connectivity index (χ0) is 13.7. The van der Waals surface area contributed by atoms with Crippen LogP contribution >= 0.6 is 0 Å². The van der Waals surface area contributed by atoms with Crippen LogP contribution in [0.3, 0.4) is 0 Å². The van der Waals surface area contributed by atoms with Crippen LogP contribution in [0, 0.1) is 5.92 Å². The Morgan fingerprint density at radius 3 is 2.89 bits per heavy atom. The van der Waals surface area contributed by atoms with Crippen molar-refractivity contribution in [1.82, 2.24) is 10.3 Å². The van der Waals surface area contributed by atoms with Crippen LogP contribution in [0.4, 0.5) is 11.5 Å². The molecule has 1 aromatic rings. The molecule has 1 unspecified atom stereocenters. The Morgan fingerprint density at radius 1 is 1.47 bits per heavy atom. The SMILES string of the molecule is CNCC(C)C(=O)Nc1cccnc1N1CCCC1. The van der Waals surface area contributed by atoms with Gasteiger partial charge in [0.05, 0.1) is 5.69 Å². The van der Waals surface area contributed by atoms with Gasteiger partial charge in [-0.3, -0.25) is 4.79 Å². The van der Waals surface area contributed by atoms with Crippen molar-refractivity contribution in [2.45, 2.75) is 19.8 Å². The minimum absolute atomic E-state index is 0.0304. The fourth-order valence-electron chi connectivity index (χ4n) is 2.33. The van der Waals surface area contributed by atoms with Crippen LogP contribution in [0.2, 0.25) is 0 Å². The Morgan fingerprint density at radius 2 is 2.21 bits per heavy atom. The molecule has 2 heterocycles. The zero-order valence-corrected chi connectivity index (χ0v) is 11.6. The molecule has 0 saturated carbocycles. The molecule has 0 aromatic carbocycles. The molecule has 2 rings (SSSR count). The number of nitrogens with zero attached hydrogens (tertiary/aromatic N) is 2. The van der Waals surface area contributed by atoms with E-state index in [1.807, 2.05) is 26.1 Å². The highest BCUT2D eigenvalue weighted by molar-refractivity contribution is 5.95. The molecule has 104 valence electrons. The largest absolute Gasteiger partial charge is 0.355 e. The molecule has 1 aliphatic rings. The summed E-state index contributed by atoms with van der Waals surface area (Å²) >= 11 is 0. The second kappa shape index (κ2) is 6.52. The summed E-state index contributed by atoms with van der Waals surface area (Å²) in [6.07, 6.45) is 4.17. The summed E-state index contributed by atoms with van der Waals surface area (Å²) in [6.45, 7) is 4.63. The van der Waals surface area contributed by atoms with Crippen molar-refractivity contribution in [1.29, 1.82) is 0 Å². The number of aromatic nitrogens is 1. The molecule has 0 aliphatic carbocycles. The molecule has 19 heavy (non-hydrogen) atoms. The van der Waals surface area contributed by atoms with Crippen molar-refractivity contribution in [2.75, 3.05) is 36.9 Å². The number of pyridine rings is 1. The first kappa shape index (κ1) is 13.8. The van der Waals surface area contributed by atoms with Crippen LogP contribution in [0.1, 0.15) is 19.8 Å². The maximum absolute atomic E-state index is 12.1. The molecule has 1 aromatic heterocycles. The van der Waals surface area contributed by atoms with Gasteiger partial charge in [-0.15, -0.1) is 0 Å². The Balaban J connectivity index is 2.09. The van der Waals surface area contributed by atoms with Crippen molar-refractivity contribution in [3.8, 4) is 0 Å². The van der Waals surface area contributed by atoms with Crippen LogP contribution < -0.4 is 15.5 Å². The van der Waals surface area contributed by atoms with Gasteiger partial charge < -0.3 is 15.5 Å². The molecular weight excluding hydrogens is 240 g/mol. The van der Waals surface area contributed by atoms with Gasteiger partial charge in [0, 0.05) is 31.7 Å². The van der Waals surface area contributed by atoms with Gasteiger partial charge in [0.2, 0.25) is 5.91 Å². The highest BCUT2D eigenvalue weighted by atomic mass is 16.1. The molecular formula is C14H22N4O. The minimum Gasteiger partial charge on any atom is -0.355 e. The number of hydrogen-bond acceptors (Lipinski definition) is 4. The standard InChI is InChI=1S/C14H22N4O/c1-11(10-15-2)14(19)17-12-6-5-7-16-13(12)18-8-3-4-9-18/h5-7,11,15H,3-4,8-10H2,1-2H3,(H,17,19). The first-order valence-corrected chi connectivity index (χ1v) is 6.88. The molecule has 5 heteroatoms. The lowest BCUT2D eigenvalue weighted by Gasteiger charge is -2.21. The van der Waals surface area contributed by atoms with Crippen LogP contribution in [-0.2, 0) is 4.79 Å². The van der Waals surface area contributed by atoms with Crippen LogP contribution in [-0.4, -0.2) is 37.6 Å². The predicted octanol–water partition coefficient (Wildman–Crippen LogP) is 1.48. The normalized spacial score (nSPS) is 16.4. The van der Waals surface area contributed by atoms with E-state index in [-0.39, 0.29) is 11.8 Å². The van der Waals surface area contributed by atoms with Gasteiger partial charge in [0.1, 0.15) is 0 Å². The molecule has 1 atom stereocenters. The van der Waals surface area contributed by atoms with E-state index in [0.717, 1.165) is 24.6 Å². The van der Waals surface area contributed by atoms with Gasteiger partial charge >= 0.3 is 0 Å². The molecule has 5 nitrogen and oxygen atoms in total. The minimum atomic E-state index is -0.0587. The molecule has 2 N–H and O–H groups in total. The maximum atomic E-state index is 12.1. The number of anilines is 2. The van der Waals surface area contributed by atoms with Crippen LogP contribution in [0.25, 0.3) is 0 Å². The fraction of sp³-hybridized carbons (Fsp3) is 0.571. The first-order chi connectivity index (χ1) is 9.22. The summed E-state index contributed by atoms with van der Waals surface area (Å²) in [5, 5.41) is 6.01. The van der Waals surface area contributed by atoms with Gasteiger partial charge in [-0.2, -0.15) is 0 Å². The maximum Gasteiger partial charge on any atom is 0.228 e. The number of amides is 1. The molecule has 1 amide bonds. The van der Waals surface area contributed by atoms with Crippen LogP contribution in [0.15, 0.2) is 18.3 Å². The topological polar surface area (TPSA) is 57.3 Å². The van der Waals surface area contributed by atoms with E-state index in [0.29, 0.717) is 6.54 Å². The Bertz CT molecular complexity index is 429. The number of carbonyl (C=O) groups is 1. The lowest BCUT2D eigenvalue weighted by molar-refractivity contribution is -0.119. The first-order valence-electron chi connectivity index (χ1n) is 6.88. The van der Waals surface area contributed by atoms with Crippen molar-refractivity contribution in [3.63, 3.8) is 0 Å². The summed E-state index contributed by atoms with van der Waals surface area (Å²) in [4.78, 5) is 18.7. The van der Waals surface area contributed by atoms with E-state index in [2.05, 4.69) is 20.5 Å². The Hall–Kier alpha value is -1.62. The van der Waals surface area contributed by atoms with Crippen molar-refractivity contribution in [3.05, 3.63) is 18.3 Å². The molecule has 1 saturated heterocycles. The lowest BCUT2D eigenvalue weighted by Crippen LogP contribution is -2.29. The molecule has 0 radical (unpaired) electrons. The number of hydrogen-bond donors (Lipinski definition) is 2. The highest BCUT2D eigenvalue weighted by Crippen LogP contribution is 2.26. The Kier molecular flexibility index (Phi) is 4.74. The second-order valence-electron chi connectivity index (χ2n) is 5.02. The summed E-state index contributed by atoms with van der Waals surface area (Å²) in [6, 6.07) is 3.78. The summed E-state index contributed by atoms with van der Waals surface area (Å²) < 4.78 is 0. The molecule has 1 aliphatic heterocycles. The Labute approximate surface area is 114 Å². The monoisotopic (exact) mass is 262 g/mol. The van der Waals surface area contributed by atoms with Gasteiger partial charge in [-0.05, 0) is 32.0 Å². The van der Waals surface area contributed by atoms with Gasteiger partial charge in [0.25, 0.3) is 0 Å². The van der Waals surface area contributed by atoms with Crippen molar-refractivity contribution < 1.29 is 4.79 Å². The average Bonchev–Trinajstić information content (AvgIpc) is 2.93. The fourth-order valence-corrected chi connectivity index (χ4v) is 2.33. The highest BCUT2D eigenvalue weighted by Gasteiger charge is 2.19. The van der Waals surface area contributed by atoms with E-state index in [1.54, 1.807) is 6.20 Å². The van der Waals surface area contributed by atoms with E-state index in [1.165, 1.54) is 12.8 Å². The van der Waals surface area contributed by atoms with Gasteiger partial charge in [-0.1, -0.05) is 6.92 Å². The van der Waals surface area contributed by atoms with Gasteiger partial charge in [0.15, 0.2) is 5.82 Å². The average molecular weight is 262 g/mol. The number of nitrogens with one attached hydrogen (secondary N) is 2. The zero-order valence-electron chi connectivity index (χ0n) is 11.6. The van der Waals surface area contributed by atoms with Crippen molar-refractivity contribution in [2.24, 2.45) is 5.92 Å². The quantitative estimate of drug-likeness (QED) is 0.844. The summed E-state index contributed by atoms with van der Waals surface area (Å²) in [5.41, 5.74) is 0.817. The number of carbonyl (C=O) groups excluding carboxylic acids is 1. The molecule has 1 fully saturated rings. The van der Waals surface area contributed by atoms with E-state index in [4.69, 9.17) is 0 Å². The van der Waals surface area contributed by atoms with E-state index in [9.17, 15) is 4.79 Å². The summed E-state index contributed by atoms with van der Waals surface area (Å²) in [7, 11) is 1.85. The molecule has 0 bridgehead atoms. The molecule has 0 spiro atoms. The lowest BCUT2D eigenvalue weighted by atomic mass is 10.1.